The van der Waals surface area contributed by atoms with Crippen LogP contribution in [0.5, 0.6) is 0 Å². The van der Waals surface area contributed by atoms with E-state index in [9.17, 15) is 0 Å². The van der Waals surface area contributed by atoms with Gasteiger partial charge in [0.1, 0.15) is 5.82 Å². The van der Waals surface area contributed by atoms with Crippen molar-refractivity contribution in [2.24, 2.45) is 0 Å². The van der Waals surface area contributed by atoms with E-state index in [1.54, 1.807) is 18.2 Å². The largest absolute Gasteiger partial charge is 0.383 e. The Morgan fingerprint density at radius 1 is 0.941 bits per heavy atom. The first-order valence-electron chi connectivity index (χ1n) is 4.55. The number of pyridine rings is 1. The molecule has 1 aromatic heterocycles. The molecule has 1 aromatic carbocycles. The summed E-state index contributed by atoms with van der Waals surface area (Å²) in [4.78, 5) is 3.96. The molecular formula is C11H6Cl4N2. The van der Waals surface area contributed by atoms with E-state index >= 15 is 0 Å². The average Bonchev–Trinajstić information content (AvgIpc) is 2.30. The van der Waals surface area contributed by atoms with Crippen molar-refractivity contribution in [1.82, 2.24) is 4.98 Å². The Morgan fingerprint density at radius 2 is 1.65 bits per heavy atom. The van der Waals surface area contributed by atoms with E-state index in [-0.39, 0.29) is 5.02 Å². The van der Waals surface area contributed by atoms with Gasteiger partial charge in [-0.25, -0.2) is 4.98 Å². The molecule has 0 radical (unpaired) electrons. The first-order chi connectivity index (χ1) is 8.00. The van der Waals surface area contributed by atoms with Crippen molar-refractivity contribution in [3.8, 4) is 11.1 Å². The molecule has 2 aromatic rings. The topological polar surface area (TPSA) is 38.9 Å². The minimum Gasteiger partial charge on any atom is -0.383 e. The van der Waals surface area contributed by atoms with Gasteiger partial charge < -0.3 is 5.73 Å². The van der Waals surface area contributed by atoms with E-state index < -0.39 is 0 Å². The van der Waals surface area contributed by atoms with Gasteiger partial charge in [-0.1, -0.05) is 52.5 Å². The van der Waals surface area contributed by atoms with E-state index in [2.05, 4.69) is 4.98 Å². The Balaban J connectivity index is 2.69. The lowest BCUT2D eigenvalue weighted by Gasteiger charge is -2.09. The Kier molecular flexibility index (Phi) is 3.69. The number of hydrogen-bond donors (Lipinski definition) is 1. The van der Waals surface area contributed by atoms with Crippen LogP contribution in [0.2, 0.25) is 20.1 Å². The lowest BCUT2D eigenvalue weighted by Crippen LogP contribution is -1.94. The van der Waals surface area contributed by atoms with Crippen LogP contribution in [0.3, 0.4) is 0 Å². The van der Waals surface area contributed by atoms with Crippen LogP contribution in [0.1, 0.15) is 0 Å². The molecule has 6 heteroatoms. The van der Waals surface area contributed by atoms with Crippen LogP contribution in [0.15, 0.2) is 24.4 Å². The molecule has 88 valence electrons. The second-order valence-electron chi connectivity index (χ2n) is 3.31. The first kappa shape index (κ1) is 12.8. The monoisotopic (exact) mass is 306 g/mol. The van der Waals surface area contributed by atoms with E-state index in [0.717, 1.165) is 0 Å². The lowest BCUT2D eigenvalue weighted by atomic mass is 10.1. The van der Waals surface area contributed by atoms with Gasteiger partial charge in [0.2, 0.25) is 0 Å². The van der Waals surface area contributed by atoms with Crippen LogP contribution in [0, 0.1) is 0 Å². The number of nitrogens with two attached hydrogens (primary N) is 1. The molecule has 2 nitrogen and oxygen atoms in total. The zero-order valence-electron chi connectivity index (χ0n) is 8.35. The van der Waals surface area contributed by atoms with Gasteiger partial charge in [0.15, 0.2) is 0 Å². The number of anilines is 1. The number of halogens is 4. The summed E-state index contributed by atoms with van der Waals surface area (Å²) in [5.41, 5.74) is 7.05. The Morgan fingerprint density at radius 3 is 2.35 bits per heavy atom. The molecule has 1 heterocycles. The summed E-state index contributed by atoms with van der Waals surface area (Å²) in [6.45, 7) is 0. The van der Waals surface area contributed by atoms with E-state index in [1.807, 2.05) is 0 Å². The highest BCUT2D eigenvalue weighted by molar-refractivity contribution is 6.49. The Bertz CT molecular complexity index is 584. The summed E-state index contributed by atoms with van der Waals surface area (Å²) in [5.74, 6) is 0.328. The number of benzene rings is 1. The molecule has 0 unspecified atom stereocenters. The number of hydrogen-bond acceptors (Lipinski definition) is 2. The molecule has 0 saturated carbocycles. The van der Waals surface area contributed by atoms with Gasteiger partial charge in [-0.3, -0.25) is 0 Å². The third-order valence-corrected chi connectivity index (χ3v) is 3.71. The van der Waals surface area contributed by atoms with Crippen molar-refractivity contribution in [2.75, 3.05) is 5.73 Å². The minimum absolute atomic E-state index is 0.283. The number of rotatable bonds is 1. The quantitative estimate of drug-likeness (QED) is 0.757. The van der Waals surface area contributed by atoms with E-state index in [0.29, 0.717) is 32.0 Å². The van der Waals surface area contributed by atoms with Gasteiger partial charge in [0, 0.05) is 17.3 Å². The summed E-state index contributed by atoms with van der Waals surface area (Å²) in [6.07, 6.45) is 1.46. The van der Waals surface area contributed by atoms with Crippen LogP contribution in [0.4, 0.5) is 5.82 Å². The lowest BCUT2D eigenvalue weighted by molar-refractivity contribution is 1.34. The smallest absolute Gasteiger partial charge is 0.131 e. The van der Waals surface area contributed by atoms with Crippen molar-refractivity contribution >= 4 is 52.2 Å². The van der Waals surface area contributed by atoms with Gasteiger partial charge in [0.05, 0.1) is 20.1 Å². The third kappa shape index (κ3) is 2.45. The molecule has 0 spiro atoms. The maximum absolute atomic E-state index is 6.11. The highest BCUT2D eigenvalue weighted by atomic mass is 35.5. The van der Waals surface area contributed by atoms with Crippen molar-refractivity contribution in [2.45, 2.75) is 0 Å². The van der Waals surface area contributed by atoms with Crippen molar-refractivity contribution in [1.29, 1.82) is 0 Å². The minimum atomic E-state index is 0.283. The molecule has 0 aliphatic carbocycles. The molecule has 0 aliphatic rings. The summed E-state index contributed by atoms with van der Waals surface area (Å²) >= 11 is 23.8. The molecule has 2 rings (SSSR count). The normalized spacial score (nSPS) is 10.6. The zero-order valence-corrected chi connectivity index (χ0v) is 11.4. The van der Waals surface area contributed by atoms with Crippen molar-refractivity contribution in [3.05, 3.63) is 44.5 Å². The van der Waals surface area contributed by atoms with Gasteiger partial charge in [-0.15, -0.1) is 0 Å². The summed E-state index contributed by atoms with van der Waals surface area (Å²) in [5, 5.41) is 1.46. The fourth-order valence-electron chi connectivity index (χ4n) is 1.40. The van der Waals surface area contributed by atoms with Gasteiger partial charge in [0.25, 0.3) is 0 Å². The maximum atomic E-state index is 6.11. The van der Waals surface area contributed by atoms with Gasteiger partial charge in [-0.2, -0.15) is 0 Å². The molecule has 2 N–H and O–H groups in total. The molecule has 0 saturated heterocycles. The van der Waals surface area contributed by atoms with Crippen LogP contribution in [-0.2, 0) is 0 Å². The summed E-state index contributed by atoms with van der Waals surface area (Å²) in [7, 11) is 0. The highest BCUT2D eigenvalue weighted by Gasteiger charge is 2.13. The van der Waals surface area contributed by atoms with Gasteiger partial charge >= 0.3 is 0 Å². The molecule has 0 amide bonds. The molecule has 0 aliphatic heterocycles. The van der Waals surface area contributed by atoms with Gasteiger partial charge in [-0.05, 0) is 12.1 Å². The second kappa shape index (κ2) is 4.91. The van der Waals surface area contributed by atoms with Crippen LogP contribution >= 0.6 is 46.4 Å². The molecule has 0 fully saturated rings. The highest BCUT2D eigenvalue weighted by Crippen LogP contribution is 2.39. The predicted molar refractivity (Wildman–Crippen MR) is 74.1 cm³/mol. The Hall–Kier alpha value is -0.670. The molecular weight excluding hydrogens is 302 g/mol. The maximum Gasteiger partial charge on any atom is 0.131 e. The third-order valence-electron chi connectivity index (χ3n) is 2.21. The predicted octanol–water partition coefficient (Wildman–Crippen LogP) is 4.94. The first-order valence-corrected chi connectivity index (χ1v) is 6.06. The number of aromatic nitrogens is 1. The zero-order chi connectivity index (χ0) is 12.6. The van der Waals surface area contributed by atoms with Crippen LogP contribution in [0.25, 0.3) is 11.1 Å². The molecule has 17 heavy (non-hydrogen) atoms. The molecule has 0 bridgehead atoms. The number of nitrogen functional groups attached to an aromatic ring is 1. The van der Waals surface area contributed by atoms with Crippen molar-refractivity contribution in [3.63, 3.8) is 0 Å². The summed E-state index contributed by atoms with van der Waals surface area (Å²) in [6, 6.07) is 5.04. The van der Waals surface area contributed by atoms with E-state index in [4.69, 9.17) is 52.1 Å². The molecule has 0 atom stereocenters. The fourth-order valence-corrected chi connectivity index (χ4v) is 2.19. The average molecular weight is 308 g/mol. The SMILES string of the molecule is Nc1ncc(Cl)cc1-c1ccc(Cl)c(Cl)c1Cl. The van der Waals surface area contributed by atoms with E-state index in [1.165, 1.54) is 6.20 Å². The second-order valence-corrected chi connectivity index (χ2v) is 4.91. The number of nitrogens with zero attached hydrogens (tertiary/aromatic N) is 1. The van der Waals surface area contributed by atoms with Crippen LogP contribution in [-0.4, -0.2) is 4.98 Å². The van der Waals surface area contributed by atoms with Crippen LogP contribution < -0.4 is 5.73 Å². The van der Waals surface area contributed by atoms with Crippen molar-refractivity contribution < 1.29 is 0 Å². The fraction of sp³-hybridized carbons (Fsp3) is 0. The Labute approximate surface area is 118 Å². The summed E-state index contributed by atoms with van der Waals surface area (Å²) < 4.78 is 0. The standard InChI is InChI=1S/C11H6Cl4N2/c12-5-3-7(11(16)17-4-5)6-1-2-8(13)10(15)9(6)14/h1-4H,(H2,16,17).